The Bertz CT molecular complexity index is 493. The minimum Gasteiger partial charge on any atom is -0.293 e. The van der Waals surface area contributed by atoms with Crippen molar-refractivity contribution >= 4 is 29.0 Å². The summed E-state index contributed by atoms with van der Waals surface area (Å²) in [5.74, 6) is 1.34. The van der Waals surface area contributed by atoms with E-state index in [-0.39, 0.29) is 11.8 Å². The van der Waals surface area contributed by atoms with E-state index in [1.165, 1.54) is 6.42 Å². The molecule has 4 heteroatoms. The standard InChI is InChI=1S/C16H21Cl2NO/c1-10-6-11(2)9-19(8-10)12(3)16(20)14-5-4-13(17)7-15(14)18/h4-5,7,10-12H,6,8-9H2,1-3H3. The van der Waals surface area contributed by atoms with Crippen molar-refractivity contribution in [2.75, 3.05) is 13.1 Å². The van der Waals surface area contributed by atoms with Gasteiger partial charge in [-0.25, -0.2) is 0 Å². The lowest BCUT2D eigenvalue weighted by Gasteiger charge is -2.38. The number of nitrogens with zero attached hydrogens (tertiary/aromatic N) is 1. The van der Waals surface area contributed by atoms with Crippen LogP contribution in [0.4, 0.5) is 0 Å². The van der Waals surface area contributed by atoms with Crippen LogP contribution in [0.5, 0.6) is 0 Å². The van der Waals surface area contributed by atoms with Crippen LogP contribution in [-0.2, 0) is 0 Å². The molecular weight excluding hydrogens is 293 g/mol. The van der Waals surface area contributed by atoms with Gasteiger partial charge in [0.05, 0.1) is 11.1 Å². The molecule has 2 rings (SSSR count). The molecule has 1 aliphatic heterocycles. The molecule has 0 aromatic heterocycles. The van der Waals surface area contributed by atoms with E-state index in [0.717, 1.165) is 13.1 Å². The van der Waals surface area contributed by atoms with Gasteiger partial charge in [0.25, 0.3) is 0 Å². The first kappa shape index (κ1) is 15.8. The summed E-state index contributed by atoms with van der Waals surface area (Å²) < 4.78 is 0. The van der Waals surface area contributed by atoms with Gasteiger partial charge in [0.2, 0.25) is 0 Å². The molecule has 1 heterocycles. The number of piperidine rings is 1. The monoisotopic (exact) mass is 313 g/mol. The van der Waals surface area contributed by atoms with E-state index in [2.05, 4.69) is 18.7 Å². The molecule has 1 aromatic carbocycles. The molecular formula is C16H21Cl2NO. The Morgan fingerprint density at radius 1 is 1.25 bits per heavy atom. The maximum atomic E-state index is 12.6. The maximum absolute atomic E-state index is 12.6. The van der Waals surface area contributed by atoms with Crippen molar-refractivity contribution in [3.05, 3.63) is 33.8 Å². The number of benzene rings is 1. The van der Waals surface area contributed by atoms with Crippen LogP contribution in [0.1, 0.15) is 37.6 Å². The van der Waals surface area contributed by atoms with Crippen LogP contribution in [0.15, 0.2) is 18.2 Å². The van der Waals surface area contributed by atoms with E-state index >= 15 is 0 Å². The van der Waals surface area contributed by atoms with Crippen LogP contribution in [-0.4, -0.2) is 29.8 Å². The SMILES string of the molecule is CC1CC(C)CN(C(C)C(=O)c2ccc(Cl)cc2Cl)C1. The van der Waals surface area contributed by atoms with Crippen LogP contribution < -0.4 is 0 Å². The maximum Gasteiger partial charge on any atom is 0.181 e. The minimum absolute atomic E-state index is 0.0768. The number of carbonyl (C=O) groups excluding carboxylic acids is 1. The summed E-state index contributed by atoms with van der Waals surface area (Å²) in [6.45, 7) is 8.41. The Morgan fingerprint density at radius 3 is 2.40 bits per heavy atom. The molecule has 0 saturated carbocycles. The summed E-state index contributed by atoms with van der Waals surface area (Å²) in [7, 11) is 0. The van der Waals surface area contributed by atoms with Gasteiger partial charge in [-0.05, 0) is 43.4 Å². The second-order valence-electron chi connectivity index (χ2n) is 6.06. The van der Waals surface area contributed by atoms with Gasteiger partial charge in [-0.1, -0.05) is 37.0 Å². The molecule has 0 aliphatic carbocycles. The fourth-order valence-corrected chi connectivity index (χ4v) is 3.61. The first-order valence-corrected chi connectivity index (χ1v) is 7.87. The third-order valence-electron chi connectivity index (χ3n) is 4.02. The number of carbonyl (C=O) groups is 1. The van der Waals surface area contributed by atoms with Crippen LogP contribution in [0.25, 0.3) is 0 Å². The molecule has 2 nitrogen and oxygen atoms in total. The molecule has 1 aromatic rings. The van der Waals surface area contributed by atoms with Gasteiger partial charge in [-0.3, -0.25) is 9.69 Å². The number of rotatable bonds is 3. The van der Waals surface area contributed by atoms with Crippen molar-refractivity contribution < 1.29 is 4.79 Å². The molecule has 1 aliphatic rings. The van der Waals surface area contributed by atoms with E-state index < -0.39 is 0 Å². The summed E-state index contributed by atoms with van der Waals surface area (Å²) in [5, 5.41) is 0.992. The van der Waals surface area contributed by atoms with E-state index in [9.17, 15) is 4.79 Å². The zero-order valence-electron chi connectivity index (χ0n) is 12.2. The third-order valence-corrected chi connectivity index (χ3v) is 4.57. The van der Waals surface area contributed by atoms with Gasteiger partial charge < -0.3 is 0 Å². The quantitative estimate of drug-likeness (QED) is 0.763. The summed E-state index contributed by atoms with van der Waals surface area (Å²) in [4.78, 5) is 14.9. The highest BCUT2D eigenvalue weighted by atomic mass is 35.5. The van der Waals surface area contributed by atoms with E-state index in [0.29, 0.717) is 27.4 Å². The normalized spacial score (nSPS) is 25.4. The highest BCUT2D eigenvalue weighted by Crippen LogP contribution is 2.26. The van der Waals surface area contributed by atoms with Crippen molar-refractivity contribution in [2.24, 2.45) is 11.8 Å². The van der Waals surface area contributed by atoms with Crippen molar-refractivity contribution in [1.29, 1.82) is 0 Å². The van der Waals surface area contributed by atoms with E-state index in [4.69, 9.17) is 23.2 Å². The molecule has 20 heavy (non-hydrogen) atoms. The van der Waals surface area contributed by atoms with Gasteiger partial charge in [-0.2, -0.15) is 0 Å². The molecule has 110 valence electrons. The van der Waals surface area contributed by atoms with Gasteiger partial charge in [0, 0.05) is 23.7 Å². The summed E-state index contributed by atoms with van der Waals surface area (Å²) >= 11 is 12.0. The Labute approximate surface area is 131 Å². The highest BCUT2D eigenvalue weighted by Gasteiger charge is 2.29. The van der Waals surface area contributed by atoms with Gasteiger partial charge in [0.1, 0.15) is 0 Å². The van der Waals surface area contributed by atoms with Crippen LogP contribution >= 0.6 is 23.2 Å². The van der Waals surface area contributed by atoms with E-state index in [1.807, 2.05) is 6.92 Å². The largest absolute Gasteiger partial charge is 0.293 e. The van der Waals surface area contributed by atoms with Crippen molar-refractivity contribution in [3.8, 4) is 0 Å². The van der Waals surface area contributed by atoms with Gasteiger partial charge in [0.15, 0.2) is 5.78 Å². The lowest BCUT2D eigenvalue weighted by molar-refractivity contribution is 0.0687. The predicted octanol–water partition coefficient (Wildman–Crippen LogP) is 4.54. The molecule has 3 atom stereocenters. The molecule has 1 saturated heterocycles. The highest BCUT2D eigenvalue weighted by molar-refractivity contribution is 6.37. The topological polar surface area (TPSA) is 20.3 Å². The number of Topliss-reactive ketones (excluding diaryl/α,β-unsaturated/α-hetero) is 1. The lowest BCUT2D eigenvalue weighted by atomic mass is 9.90. The molecule has 0 spiro atoms. The summed E-state index contributed by atoms with van der Waals surface area (Å²) in [5.41, 5.74) is 0.564. The molecule has 3 unspecified atom stereocenters. The summed E-state index contributed by atoms with van der Waals surface area (Å²) in [6.07, 6.45) is 1.24. The Hall–Kier alpha value is -0.570. The Morgan fingerprint density at radius 2 is 1.85 bits per heavy atom. The van der Waals surface area contributed by atoms with Crippen molar-refractivity contribution in [2.45, 2.75) is 33.2 Å². The van der Waals surface area contributed by atoms with Crippen molar-refractivity contribution in [1.82, 2.24) is 4.90 Å². The van der Waals surface area contributed by atoms with Crippen LogP contribution in [0, 0.1) is 11.8 Å². The molecule has 0 bridgehead atoms. The first-order valence-electron chi connectivity index (χ1n) is 7.11. The Kier molecular flexibility index (Phi) is 5.11. The zero-order valence-corrected chi connectivity index (χ0v) is 13.7. The second-order valence-corrected chi connectivity index (χ2v) is 6.91. The average molecular weight is 314 g/mol. The van der Waals surface area contributed by atoms with Crippen LogP contribution in [0.2, 0.25) is 10.0 Å². The van der Waals surface area contributed by atoms with Gasteiger partial charge in [-0.15, -0.1) is 0 Å². The van der Waals surface area contributed by atoms with Gasteiger partial charge >= 0.3 is 0 Å². The molecule has 1 fully saturated rings. The fourth-order valence-electron chi connectivity index (χ4n) is 3.11. The Balaban J connectivity index is 2.15. The fraction of sp³-hybridized carbons (Fsp3) is 0.562. The summed E-state index contributed by atoms with van der Waals surface area (Å²) in [6, 6.07) is 4.93. The minimum atomic E-state index is -0.140. The van der Waals surface area contributed by atoms with Crippen molar-refractivity contribution in [3.63, 3.8) is 0 Å². The smallest absolute Gasteiger partial charge is 0.181 e. The average Bonchev–Trinajstić information content (AvgIpc) is 2.36. The number of ketones is 1. The molecule has 0 amide bonds. The molecule has 0 radical (unpaired) electrons. The lowest BCUT2D eigenvalue weighted by Crippen LogP contribution is -2.47. The first-order chi connectivity index (χ1) is 9.38. The number of halogens is 2. The van der Waals surface area contributed by atoms with Crippen LogP contribution in [0.3, 0.4) is 0 Å². The number of hydrogen-bond acceptors (Lipinski definition) is 2. The third kappa shape index (κ3) is 3.55. The zero-order chi connectivity index (χ0) is 14.9. The van der Waals surface area contributed by atoms with E-state index in [1.54, 1.807) is 18.2 Å². The number of likely N-dealkylation sites (tertiary alicyclic amines) is 1. The number of hydrogen-bond donors (Lipinski definition) is 0. The second kappa shape index (κ2) is 6.46. The molecule has 0 N–H and O–H groups in total. The predicted molar refractivity (Wildman–Crippen MR) is 84.8 cm³/mol.